The van der Waals surface area contributed by atoms with Crippen molar-refractivity contribution in [2.24, 2.45) is 0 Å². The van der Waals surface area contributed by atoms with E-state index in [1.807, 2.05) is 36.4 Å². The van der Waals surface area contributed by atoms with Gasteiger partial charge < -0.3 is 14.3 Å². The van der Waals surface area contributed by atoms with E-state index < -0.39 is 0 Å². The van der Waals surface area contributed by atoms with Gasteiger partial charge in [-0.2, -0.15) is 0 Å². The van der Waals surface area contributed by atoms with Crippen LogP contribution in [0, 0.1) is 6.92 Å². The zero-order valence-electron chi connectivity index (χ0n) is 15.8. The molecule has 0 bridgehead atoms. The van der Waals surface area contributed by atoms with Crippen LogP contribution in [0.1, 0.15) is 22.9 Å². The monoisotopic (exact) mass is 378 g/mol. The van der Waals surface area contributed by atoms with Crippen LogP contribution >= 0.6 is 0 Å². The number of nitrogens with zero attached hydrogens (tertiary/aromatic N) is 1. The summed E-state index contributed by atoms with van der Waals surface area (Å²) in [7, 11) is 0. The van der Waals surface area contributed by atoms with Crippen LogP contribution in [0.3, 0.4) is 0 Å². The van der Waals surface area contributed by atoms with Crippen LogP contribution in [0.2, 0.25) is 0 Å². The number of fused-ring (bicyclic) bond motifs is 6. The molecular weight excluding hydrogens is 360 g/mol. The first kappa shape index (κ1) is 16.2. The molecule has 0 amide bonds. The second-order valence-corrected chi connectivity index (χ2v) is 7.47. The fraction of sp³-hybridized carbons (Fsp3) is 0.0800. The molecule has 1 N–H and O–H groups in total. The summed E-state index contributed by atoms with van der Waals surface area (Å²) in [5, 5.41) is 5.39. The van der Waals surface area contributed by atoms with Crippen molar-refractivity contribution >= 4 is 27.6 Å². The van der Waals surface area contributed by atoms with Crippen molar-refractivity contribution in [1.82, 2.24) is 4.57 Å². The Morgan fingerprint density at radius 2 is 1.62 bits per heavy atom. The first-order chi connectivity index (χ1) is 14.2. The summed E-state index contributed by atoms with van der Waals surface area (Å²) in [5.41, 5.74) is 6.70. The largest absolute Gasteiger partial charge is 0.464 e. The van der Waals surface area contributed by atoms with Gasteiger partial charge in [0.2, 0.25) is 0 Å². The van der Waals surface area contributed by atoms with Crippen molar-refractivity contribution in [2.45, 2.75) is 13.0 Å². The number of benzene rings is 3. The summed E-state index contributed by atoms with van der Waals surface area (Å²) in [5.74, 6) is 0. The molecule has 29 heavy (non-hydrogen) atoms. The Labute approximate surface area is 167 Å². The van der Waals surface area contributed by atoms with Gasteiger partial charge in [0.05, 0.1) is 39.6 Å². The molecule has 1 atom stereocenters. The predicted octanol–water partition coefficient (Wildman–Crippen LogP) is 5.56. The molecule has 1 aliphatic rings. The van der Waals surface area contributed by atoms with Gasteiger partial charge in [0.25, 0.3) is 0 Å². The number of hydrogen-bond acceptors (Lipinski definition) is 3. The van der Waals surface area contributed by atoms with E-state index in [0.29, 0.717) is 16.5 Å². The van der Waals surface area contributed by atoms with Gasteiger partial charge in [-0.3, -0.25) is 4.79 Å². The van der Waals surface area contributed by atoms with Crippen LogP contribution < -0.4 is 10.7 Å². The van der Waals surface area contributed by atoms with Gasteiger partial charge in [-0.05, 0) is 42.8 Å². The molecule has 2 aromatic heterocycles. The minimum Gasteiger partial charge on any atom is -0.464 e. The zero-order chi connectivity index (χ0) is 19.5. The van der Waals surface area contributed by atoms with Crippen molar-refractivity contribution < 1.29 is 4.42 Å². The Kier molecular flexibility index (Phi) is 3.27. The maximum atomic E-state index is 13.4. The molecular formula is C25H18N2O2. The second kappa shape index (κ2) is 5.85. The standard InChI is InChI=1S/C25H18N2O2/c1-15-16-8-2-5-11-20(16)27-21-12-6-4-10-19(21)26-23(24(15)27)18-14-29-22-13-7-3-9-17(22)25(18)28/h2-14,23,26H,1H3. The van der Waals surface area contributed by atoms with E-state index in [2.05, 4.69) is 53.2 Å². The SMILES string of the molecule is Cc1c2n(c3ccccc13)-c1ccccc1NC2c1coc2ccccc2c1=O. The highest BCUT2D eigenvalue weighted by Gasteiger charge is 2.31. The third-order valence-electron chi connectivity index (χ3n) is 5.91. The molecule has 4 heteroatoms. The molecule has 0 spiro atoms. The van der Waals surface area contributed by atoms with Crippen LogP contribution in [0.4, 0.5) is 5.69 Å². The number of aromatic nitrogens is 1. The van der Waals surface area contributed by atoms with E-state index in [9.17, 15) is 4.79 Å². The third kappa shape index (κ3) is 2.17. The molecule has 0 saturated heterocycles. The topological polar surface area (TPSA) is 47.2 Å². The van der Waals surface area contributed by atoms with Crippen LogP contribution in [-0.4, -0.2) is 4.57 Å². The Morgan fingerprint density at radius 1 is 0.897 bits per heavy atom. The molecule has 140 valence electrons. The molecule has 0 saturated carbocycles. The number of rotatable bonds is 1. The Balaban J connectivity index is 1.71. The van der Waals surface area contributed by atoms with Crippen molar-refractivity contribution in [3.63, 3.8) is 0 Å². The second-order valence-electron chi connectivity index (χ2n) is 7.47. The molecule has 0 fully saturated rings. The van der Waals surface area contributed by atoms with E-state index in [-0.39, 0.29) is 11.5 Å². The van der Waals surface area contributed by atoms with Gasteiger partial charge in [0, 0.05) is 5.39 Å². The number of hydrogen-bond donors (Lipinski definition) is 1. The maximum Gasteiger partial charge on any atom is 0.198 e. The summed E-state index contributed by atoms with van der Waals surface area (Å²) < 4.78 is 8.12. The number of aryl methyl sites for hydroxylation is 1. The lowest BCUT2D eigenvalue weighted by atomic mass is 9.98. The van der Waals surface area contributed by atoms with E-state index >= 15 is 0 Å². The van der Waals surface area contributed by atoms with Crippen molar-refractivity contribution in [3.8, 4) is 5.69 Å². The van der Waals surface area contributed by atoms with Crippen molar-refractivity contribution in [3.05, 3.63) is 106 Å². The lowest BCUT2D eigenvalue weighted by Gasteiger charge is -2.30. The van der Waals surface area contributed by atoms with Crippen LogP contribution in [0.25, 0.3) is 27.6 Å². The van der Waals surface area contributed by atoms with E-state index in [1.165, 1.54) is 10.9 Å². The van der Waals surface area contributed by atoms with E-state index in [0.717, 1.165) is 22.6 Å². The summed E-state index contributed by atoms with van der Waals surface area (Å²) in [6.45, 7) is 2.12. The van der Waals surface area contributed by atoms with E-state index in [1.54, 1.807) is 6.26 Å². The molecule has 1 unspecified atom stereocenters. The first-order valence-electron chi connectivity index (χ1n) is 9.70. The molecule has 0 aliphatic carbocycles. The Bertz CT molecular complexity index is 1480. The highest BCUT2D eigenvalue weighted by atomic mass is 16.3. The van der Waals surface area contributed by atoms with Crippen molar-refractivity contribution in [1.29, 1.82) is 0 Å². The number of para-hydroxylation sites is 4. The van der Waals surface area contributed by atoms with Gasteiger partial charge >= 0.3 is 0 Å². The minimum atomic E-state index is -0.293. The lowest BCUT2D eigenvalue weighted by molar-refractivity contribution is 0.587. The highest BCUT2D eigenvalue weighted by Crippen LogP contribution is 2.42. The molecule has 0 radical (unpaired) electrons. The van der Waals surface area contributed by atoms with E-state index in [4.69, 9.17) is 4.42 Å². The van der Waals surface area contributed by atoms with Crippen LogP contribution in [0.15, 0.2) is 88.3 Å². The van der Waals surface area contributed by atoms with Gasteiger partial charge in [-0.1, -0.05) is 42.5 Å². The maximum absolute atomic E-state index is 13.4. The molecule has 6 rings (SSSR count). The average Bonchev–Trinajstić information content (AvgIpc) is 3.07. The zero-order valence-corrected chi connectivity index (χ0v) is 15.8. The fourth-order valence-corrected chi connectivity index (χ4v) is 4.56. The van der Waals surface area contributed by atoms with Gasteiger partial charge in [-0.15, -0.1) is 0 Å². The van der Waals surface area contributed by atoms with Crippen molar-refractivity contribution in [2.75, 3.05) is 5.32 Å². The van der Waals surface area contributed by atoms with Gasteiger partial charge in [0.1, 0.15) is 11.8 Å². The average molecular weight is 378 g/mol. The lowest BCUT2D eigenvalue weighted by Crippen LogP contribution is -2.27. The quantitative estimate of drug-likeness (QED) is 0.415. The highest BCUT2D eigenvalue weighted by molar-refractivity contribution is 5.90. The number of anilines is 1. The van der Waals surface area contributed by atoms with Gasteiger partial charge in [-0.25, -0.2) is 0 Å². The summed E-state index contributed by atoms with van der Waals surface area (Å²) >= 11 is 0. The minimum absolute atomic E-state index is 0.0000581. The molecule has 3 aromatic carbocycles. The first-order valence-corrected chi connectivity index (χ1v) is 9.70. The summed E-state index contributed by atoms with van der Waals surface area (Å²) in [4.78, 5) is 13.4. The number of nitrogens with one attached hydrogen (secondary N) is 1. The molecule has 5 aromatic rings. The Hall–Kier alpha value is -3.79. The molecule has 1 aliphatic heterocycles. The normalized spacial score (nSPS) is 15.1. The Morgan fingerprint density at radius 3 is 2.52 bits per heavy atom. The van der Waals surface area contributed by atoms with Crippen LogP contribution in [0.5, 0.6) is 0 Å². The summed E-state index contributed by atoms with van der Waals surface area (Å²) in [6, 6.07) is 23.7. The fourth-order valence-electron chi connectivity index (χ4n) is 4.56. The molecule has 4 nitrogen and oxygen atoms in total. The van der Waals surface area contributed by atoms with Gasteiger partial charge in [0.15, 0.2) is 5.43 Å². The smallest absolute Gasteiger partial charge is 0.198 e. The predicted molar refractivity (Wildman–Crippen MR) is 116 cm³/mol. The molecule has 3 heterocycles. The third-order valence-corrected chi connectivity index (χ3v) is 5.91. The summed E-state index contributed by atoms with van der Waals surface area (Å²) in [6.07, 6.45) is 1.61. The van der Waals surface area contributed by atoms with Crippen LogP contribution in [-0.2, 0) is 0 Å².